The SMILES string of the molecule is Cl.O=C(N[C@H]1CCCNC1)c1cc2c(cc1[N+](=O)[O-])OCCO2. The van der Waals surface area contributed by atoms with E-state index in [1.807, 2.05) is 0 Å². The Morgan fingerprint density at radius 2 is 2.00 bits per heavy atom. The third-order valence-electron chi connectivity index (χ3n) is 3.73. The number of nitro groups is 1. The lowest BCUT2D eigenvalue weighted by atomic mass is 10.1. The monoisotopic (exact) mass is 343 g/mol. The summed E-state index contributed by atoms with van der Waals surface area (Å²) in [6.07, 6.45) is 1.82. The quantitative estimate of drug-likeness (QED) is 0.633. The molecule has 2 N–H and O–H groups in total. The number of nitrogens with one attached hydrogen (secondary N) is 2. The van der Waals surface area contributed by atoms with E-state index in [4.69, 9.17) is 9.47 Å². The summed E-state index contributed by atoms with van der Waals surface area (Å²) < 4.78 is 10.7. The third-order valence-corrected chi connectivity index (χ3v) is 3.73. The number of nitrogens with zero attached hydrogens (tertiary/aromatic N) is 1. The van der Waals surface area contributed by atoms with Crippen LogP contribution in [0.15, 0.2) is 12.1 Å². The van der Waals surface area contributed by atoms with E-state index in [0.29, 0.717) is 31.3 Å². The van der Waals surface area contributed by atoms with Crippen molar-refractivity contribution in [3.05, 3.63) is 27.8 Å². The van der Waals surface area contributed by atoms with Gasteiger partial charge in [0.05, 0.1) is 11.0 Å². The van der Waals surface area contributed by atoms with Gasteiger partial charge in [0.15, 0.2) is 11.5 Å². The standard InChI is InChI=1S/C14H17N3O5.ClH/c18-14(16-9-2-1-3-15-8-9)10-6-12-13(22-5-4-21-12)7-11(10)17(19)20;/h6-7,9,15H,1-5,8H2,(H,16,18);1H/t9-;/m0./s1. The van der Waals surface area contributed by atoms with Gasteiger partial charge in [0.2, 0.25) is 0 Å². The molecule has 2 heterocycles. The van der Waals surface area contributed by atoms with E-state index in [2.05, 4.69) is 10.6 Å². The molecule has 2 aliphatic rings. The fourth-order valence-corrected chi connectivity index (χ4v) is 2.65. The smallest absolute Gasteiger partial charge is 0.286 e. The van der Waals surface area contributed by atoms with E-state index in [-0.39, 0.29) is 29.7 Å². The van der Waals surface area contributed by atoms with Crippen LogP contribution in [0.3, 0.4) is 0 Å². The maximum Gasteiger partial charge on any atom is 0.286 e. The maximum absolute atomic E-state index is 12.4. The highest BCUT2D eigenvalue weighted by Crippen LogP contribution is 2.36. The molecule has 1 saturated heterocycles. The summed E-state index contributed by atoms with van der Waals surface area (Å²) in [5.74, 6) is 0.204. The highest BCUT2D eigenvalue weighted by atomic mass is 35.5. The van der Waals surface area contributed by atoms with Gasteiger partial charge in [-0.15, -0.1) is 12.4 Å². The van der Waals surface area contributed by atoms with E-state index in [0.717, 1.165) is 19.4 Å². The minimum atomic E-state index is -0.577. The summed E-state index contributed by atoms with van der Waals surface area (Å²) in [5.41, 5.74) is -0.273. The average molecular weight is 344 g/mol. The molecular formula is C14H18ClN3O5. The van der Waals surface area contributed by atoms with E-state index in [9.17, 15) is 14.9 Å². The Morgan fingerprint density at radius 3 is 2.61 bits per heavy atom. The van der Waals surface area contributed by atoms with Crippen molar-refractivity contribution in [3.8, 4) is 11.5 Å². The molecule has 1 atom stereocenters. The van der Waals surface area contributed by atoms with Gasteiger partial charge >= 0.3 is 0 Å². The van der Waals surface area contributed by atoms with Crippen LogP contribution in [0.25, 0.3) is 0 Å². The molecule has 23 heavy (non-hydrogen) atoms. The second-order valence-electron chi connectivity index (χ2n) is 5.29. The second-order valence-corrected chi connectivity index (χ2v) is 5.29. The van der Waals surface area contributed by atoms with Crippen LogP contribution in [0.5, 0.6) is 11.5 Å². The molecule has 3 rings (SSSR count). The second kappa shape index (κ2) is 7.47. The molecule has 1 fully saturated rings. The zero-order chi connectivity index (χ0) is 15.5. The summed E-state index contributed by atoms with van der Waals surface area (Å²) >= 11 is 0. The van der Waals surface area contributed by atoms with Gasteiger partial charge in [0.25, 0.3) is 11.6 Å². The van der Waals surface area contributed by atoms with Crippen LogP contribution in [0.4, 0.5) is 5.69 Å². The van der Waals surface area contributed by atoms with Crippen molar-refractivity contribution in [1.82, 2.24) is 10.6 Å². The Labute approximate surface area is 139 Å². The number of nitro benzene ring substituents is 1. The van der Waals surface area contributed by atoms with Crippen LogP contribution in [0.1, 0.15) is 23.2 Å². The first-order valence-electron chi connectivity index (χ1n) is 7.25. The fraction of sp³-hybridized carbons (Fsp3) is 0.500. The van der Waals surface area contributed by atoms with Gasteiger partial charge in [-0.25, -0.2) is 0 Å². The van der Waals surface area contributed by atoms with E-state index in [1.54, 1.807) is 0 Å². The molecule has 0 radical (unpaired) electrons. The lowest BCUT2D eigenvalue weighted by Gasteiger charge is -2.24. The van der Waals surface area contributed by atoms with Gasteiger partial charge < -0.3 is 20.1 Å². The summed E-state index contributed by atoms with van der Waals surface area (Å²) in [6, 6.07) is 2.62. The predicted octanol–water partition coefficient (Wildman–Crippen LogP) is 1.27. The topological polar surface area (TPSA) is 103 Å². The third kappa shape index (κ3) is 3.83. The lowest BCUT2D eigenvalue weighted by Crippen LogP contribution is -2.45. The Balaban J connectivity index is 0.00000192. The first kappa shape index (κ1) is 17.3. The van der Waals surface area contributed by atoms with E-state index < -0.39 is 10.8 Å². The zero-order valence-electron chi connectivity index (χ0n) is 12.4. The normalized spacial score (nSPS) is 19.4. The van der Waals surface area contributed by atoms with Crippen molar-refractivity contribution in [2.24, 2.45) is 0 Å². The summed E-state index contributed by atoms with van der Waals surface area (Å²) in [4.78, 5) is 23.0. The minimum absolute atomic E-state index is 0. The van der Waals surface area contributed by atoms with Crippen LogP contribution >= 0.6 is 12.4 Å². The molecule has 1 aromatic rings. The van der Waals surface area contributed by atoms with Crippen molar-refractivity contribution >= 4 is 24.0 Å². The number of rotatable bonds is 3. The number of fused-ring (bicyclic) bond motifs is 1. The number of amides is 1. The lowest BCUT2D eigenvalue weighted by molar-refractivity contribution is -0.385. The molecule has 8 nitrogen and oxygen atoms in total. The van der Waals surface area contributed by atoms with Crippen molar-refractivity contribution in [3.63, 3.8) is 0 Å². The first-order chi connectivity index (χ1) is 10.6. The molecule has 0 saturated carbocycles. The number of piperidine rings is 1. The number of halogens is 1. The summed E-state index contributed by atoms with van der Waals surface area (Å²) in [5, 5.41) is 17.2. The van der Waals surface area contributed by atoms with Gasteiger partial charge in [-0.2, -0.15) is 0 Å². The molecule has 9 heteroatoms. The fourth-order valence-electron chi connectivity index (χ4n) is 2.65. The number of ether oxygens (including phenoxy) is 2. The molecule has 126 valence electrons. The molecular weight excluding hydrogens is 326 g/mol. The number of hydrogen-bond donors (Lipinski definition) is 2. The van der Waals surface area contributed by atoms with Crippen molar-refractivity contribution in [2.45, 2.75) is 18.9 Å². The highest BCUT2D eigenvalue weighted by Gasteiger charge is 2.27. The Hall–Kier alpha value is -2.06. The molecule has 0 aromatic heterocycles. The van der Waals surface area contributed by atoms with Gasteiger partial charge in [-0.3, -0.25) is 14.9 Å². The van der Waals surface area contributed by atoms with Crippen LogP contribution in [-0.4, -0.2) is 43.2 Å². The molecule has 0 bridgehead atoms. The molecule has 1 aromatic carbocycles. The number of hydrogen-bond acceptors (Lipinski definition) is 6. The van der Waals surface area contributed by atoms with Crippen LogP contribution in [-0.2, 0) is 0 Å². The van der Waals surface area contributed by atoms with Gasteiger partial charge in [0.1, 0.15) is 18.8 Å². The minimum Gasteiger partial charge on any atom is -0.486 e. The van der Waals surface area contributed by atoms with Crippen molar-refractivity contribution in [2.75, 3.05) is 26.3 Å². The highest BCUT2D eigenvalue weighted by molar-refractivity contribution is 5.99. The average Bonchev–Trinajstić information content (AvgIpc) is 2.54. The number of carbonyl (C=O) groups is 1. The van der Waals surface area contributed by atoms with Crippen LogP contribution in [0, 0.1) is 10.1 Å². The van der Waals surface area contributed by atoms with Gasteiger partial charge in [0, 0.05) is 18.7 Å². The number of carbonyl (C=O) groups excluding carboxylic acids is 1. The van der Waals surface area contributed by atoms with E-state index >= 15 is 0 Å². The number of benzene rings is 1. The van der Waals surface area contributed by atoms with Gasteiger partial charge in [-0.05, 0) is 19.4 Å². The van der Waals surface area contributed by atoms with E-state index in [1.165, 1.54) is 12.1 Å². The van der Waals surface area contributed by atoms with Gasteiger partial charge in [-0.1, -0.05) is 0 Å². The largest absolute Gasteiger partial charge is 0.486 e. The zero-order valence-corrected chi connectivity index (χ0v) is 13.2. The molecule has 0 aliphatic carbocycles. The predicted molar refractivity (Wildman–Crippen MR) is 84.7 cm³/mol. The van der Waals surface area contributed by atoms with Crippen LogP contribution in [0.2, 0.25) is 0 Å². The van der Waals surface area contributed by atoms with Crippen molar-refractivity contribution < 1.29 is 19.2 Å². The Kier molecular flexibility index (Phi) is 5.62. The van der Waals surface area contributed by atoms with Crippen molar-refractivity contribution in [1.29, 1.82) is 0 Å². The summed E-state index contributed by atoms with van der Waals surface area (Å²) in [7, 11) is 0. The maximum atomic E-state index is 12.4. The first-order valence-corrected chi connectivity index (χ1v) is 7.25. The molecule has 0 unspecified atom stereocenters. The summed E-state index contributed by atoms with van der Waals surface area (Å²) in [6.45, 7) is 2.29. The molecule has 0 spiro atoms. The Bertz CT molecular complexity index is 604. The van der Waals surface area contributed by atoms with Crippen LogP contribution < -0.4 is 20.1 Å². The molecule has 1 amide bonds. The molecule has 2 aliphatic heterocycles. The Morgan fingerprint density at radius 1 is 1.30 bits per heavy atom.